The third kappa shape index (κ3) is 14.6. The van der Waals surface area contributed by atoms with E-state index >= 15 is 0 Å². The molecule has 3 aromatic rings. The molecule has 3 nitrogen and oxygen atoms in total. The van der Waals surface area contributed by atoms with Crippen molar-refractivity contribution >= 4 is 10.8 Å². The van der Waals surface area contributed by atoms with Crippen molar-refractivity contribution in [3.8, 4) is 11.5 Å². The molecule has 3 heteroatoms. The molecule has 0 fully saturated rings. The number of benzene rings is 3. The standard InChI is InChI=1S/C37H70N.C10H8O2/c1-7-11-15-16-17-18-19-20-21-22-23-24-25-28-34-38(5,6)37(32-13-9-3,33-14-10-4)36-31-27-26-30-35(36)29-12-8-2;11-9-5-6-10(12)8-4-2-1-3-7(8)9/h26-27,30-31H,7-25,28-29,32-34H2,1-6H3;1-6,11-12H/q+1;. The van der Waals surface area contributed by atoms with Crippen molar-refractivity contribution in [3.05, 3.63) is 71.8 Å². The fourth-order valence-corrected chi connectivity index (χ4v) is 8.01. The van der Waals surface area contributed by atoms with Crippen LogP contribution in [-0.2, 0) is 12.0 Å². The molecule has 0 unspecified atom stereocenters. The average molecular weight is 689 g/mol. The summed E-state index contributed by atoms with van der Waals surface area (Å²) in [7, 11) is 5.15. The molecular weight excluding hydrogens is 611 g/mol. The molecule has 282 valence electrons. The molecule has 0 aliphatic carbocycles. The molecule has 0 saturated heterocycles. The van der Waals surface area contributed by atoms with Crippen molar-refractivity contribution in [2.75, 3.05) is 20.6 Å². The van der Waals surface area contributed by atoms with Gasteiger partial charge in [0.25, 0.3) is 0 Å². The maximum atomic E-state index is 9.38. The van der Waals surface area contributed by atoms with E-state index in [0.29, 0.717) is 10.8 Å². The summed E-state index contributed by atoms with van der Waals surface area (Å²) in [5, 5.41) is 20.1. The van der Waals surface area contributed by atoms with Crippen LogP contribution in [0, 0.1) is 0 Å². The topological polar surface area (TPSA) is 40.5 Å². The van der Waals surface area contributed by atoms with Crippen LogP contribution in [-0.4, -0.2) is 35.3 Å². The Labute approximate surface area is 309 Å². The van der Waals surface area contributed by atoms with E-state index in [1.165, 1.54) is 166 Å². The first-order valence-corrected chi connectivity index (χ1v) is 21.1. The summed E-state index contributed by atoms with van der Waals surface area (Å²) >= 11 is 0. The molecule has 0 heterocycles. The number of phenolic OH excluding ortho intramolecular Hbond substituents is 2. The Balaban J connectivity index is 0.000000596. The van der Waals surface area contributed by atoms with Crippen LogP contribution in [0.2, 0.25) is 0 Å². The Morgan fingerprint density at radius 2 is 0.860 bits per heavy atom. The van der Waals surface area contributed by atoms with Crippen LogP contribution in [0.5, 0.6) is 11.5 Å². The first-order valence-electron chi connectivity index (χ1n) is 21.1. The summed E-state index contributed by atoms with van der Waals surface area (Å²) < 4.78 is 1.16. The molecular formula is C47H78NO2+. The summed E-state index contributed by atoms with van der Waals surface area (Å²) in [6, 6.07) is 19.7. The van der Waals surface area contributed by atoms with Gasteiger partial charge in [0.05, 0.1) is 20.6 Å². The minimum Gasteiger partial charge on any atom is -0.507 e. The second kappa shape index (κ2) is 25.4. The molecule has 0 bridgehead atoms. The zero-order valence-electron chi connectivity index (χ0n) is 33.6. The Morgan fingerprint density at radius 3 is 1.32 bits per heavy atom. The zero-order valence-corrected chi connectivity index (χ0v) is 33.6. The fraction of sp³-hybridized carbons (Fsp3) is 0.660. The molecule has 0 amide bonds. The maximum absolute atomic E-state index is 9.38. The van der Waals surface area contributed by atoms with Gasteiger partial charge in [-0.25, -0.2) is 0 Å². The monoisotopic (exact) mass is 689 g/mol. The second-order valence-electron chi connectivity index (χ2n) is 15.7. The number of hydrogen-bond donors (Lipinski definition) is 2. The van der Waals surface area contributed by atoms with Gasteiger partial charge < -0.3 is 14.7 Å². The molecule has 0 radical (unpaired) electrons. The maximum Gasteiger partial charge on any atom is 0.125 e. The van der Waals surface area contributed by atoms with Gasteiger partial charge in [-0.3, -0.25) is 0 Å². The summed E-state index contributed by atoms with van der Waals surface area (Å²) in [4.78, 5) is 0. The first-order chi connectivity index (χ1) is 24.3. The highest BCUT2D eigenvalue weighted by Gasteiger charge is 2.46. The van der Waals surface area contributed by atoms with Crippen molar-refractivity contribution in [2.45, 2.75) is 181 Å². The summed E-state index contributed by atoms with van der Waals surface area (Å²) in [6.45, 7) is 10.7. The van der Waals surface area contributed by atoms with E-state index in [4.69, 9.17) is 0 Å². The lowest BCUT2D eigenvalue weighted by Gasteiger charge is -2.50. The Kier molecular flexibility index (Phi) is 22.2. The van der Waals surface area contributed by atoms with E-state index in [2.05, 4.69) is 66.1 Å². The number of phenols is 2. The van der Waals surface area contributed by atoms with Gasteiger partial charge in [0.1, 0.15) is 17.0 Å². The minimum absolute atomic E-state index is 0.198. The number of hydrogen-bond acceptors (Lipinski definition) is 2. The molecule has 3 aromatic carbocycles. The number of rotatable bonds is 26. The summed E-state index contributed by atoms with van der Waals surface area (Å²) in [5.74, 6) is 0.395. The van der Waals surface area contributed by atoms with E-state index < -0.39 is 0 Å². The van der Waals surface area contributed by atoms with Crippen LogP contribution in [0.25, 0.3) is 10.8 Å². The highest BCUT2D eigenvalue weighted by atomic mass is 16.3. The molecule has 50 heavy (non-hydrogen) atoms. The number of fused-ring (bicyclic) bond motifs is 1. The van der Waals surface area contributed by atoms with Crippen molar-refractivity contribution in [1.82, 2.24) is 0 Å². The Hall–Kier alpha value is -2.52. The van der Waals surface area contributed by atoms with E-state index in [1.807, 2.05) is 12.1 Å². The molecule has 3 rings (SSSR count). The molecule has 0 atom stereocenters. The van der Waals surface area contributed by atoms with Gasteiger partial charge >= 0.3 is 0 Å². The van der Waals surface area contributed by atoms with Crippen molar-refractivity contribution in [2.24, 2.45) is 0 Å². The predicted octanol–water partition coefficient (Wildman–Crippen LogP) is 14.4. The molecule has 0 saturated carbocycles. The lowest BCUT2D eigenvalue weighted by atomic mass is 9.75. The number of nitrogens with zero attached hydrogens (tertiary/aromatic N) is 1. The number of aryl methyl sites for hydroxylation is 1. The zero-order chi connectivity index (χ0) is 36.5. The number of unbranched alkanes of at least 4 members (excludes halogenated alkanes) is 16. The third-order valence-corrected chi connectivity index (χ3v) is 11.3. The van der Waals surface area contributed by atoms with Gasteiger partial charge in [-0.2, -0.15) is 0 Å². The smallest absolute Gasteiger partial charge is 0.125 e. The van der Waals surface area contributed by atoms with Crippen LogP contribution in [0.15, 0.2) is 60.7 Å². The lowest BCUT2D eigenvalue weighted by Crippen LogP contribution is -2.58. The van der Waals surface area contributed by atoms with Crippen molar-refractivity contribution in [1.29, 1.82) is 0 Å². The predicted molar refractivity (Wildman–Crippen MR) is 220 cm³/mol. The van der Waals surface area contributed by atoms with Crippen molar-refractivity contribution < 1.29 is 14.7 Å². The van der Waals surface area contributed by atoms with Gasteiger partial charge in [0.2, 0.25) is 0 Å². The molecule has 0 aliphatic heterocycles. The van der Waals surface area contributed by atoms with Crippen LogP contribution in [0.4, 0.5) is 0 Å². The van der Waals surface area contributed by atoms with Crippen LogP contribution < -0.4 is 0 Å². The number of aromatic hydroxyl groups is 2. The second-order valence-corrected chi connectivity index (χ2v) is 15.7. The quantitative estimate of drug-likeness (QED) is 0.0501. The van der Waals surface area contributed by atoms with Gasteiger partial charge in [-0.05, 0) is 56.2 Å². The van der Waals surface area contributed by atoms with Crippen LogP contribution in [0.3, 0.4) is 0 Å². The molecule has 2 N–H and O–H groups in total. The van der Waals surface area contributed by atoms with Gasteiger partial charge in [-0.1, -0.05) is 173 Å². The van der Waals surface area contributed by atoms with Gasteiger partial charge in [0, 0.05) is 29.2 Å². The third-order valence-electron chi connectivity index (χ3n) is 11.3. The normalized spacial score (nSPS) is 11.9. The fourth-order valence-electron chi connectivity index (χ4n) is 8.01. The minimum atomic E-state index is 0.198. The largest absolute Gasteiger partial charge is 0.507 e. The molecule has 0 aromatic heterocycles. The van der Waals surface area contributed by atoms with E-state index in [9.17, 15) is 10.2 Å². The Bertz CT molecular complexity index is 1230. The first kappa shape index (κ1) is 43.6. The summed E-state index contributed by atoms with van der Waals surface area (Å²) in [5.41, 5.74) is 3.58. The Morgan fingerprint density at radius 1 is 0.460 bits per heavy atom. The van der Waals surface area contributed by atoms with E-state index in [1.54, 1.807) is 23.3 Å². The van der Waals surface area contributed by atoms with Gasteiger partial charge in [0.15, 0.2) is 0 Å². The van der Waals surface area contributed by atoms with Crippen LogP contribution in [0.1, 0.15) is 180 Å². The van der Waals surface area contributed by atoms with E-state index in [-0.39, 0.29) is 17.0 Å². The van der Waals surface area contributed by atoms with Crippen LogP contribution >= 0.6 is 0 Å². The van der Waals surface area contributed by atoms with Gasteiger partial charge in [-0.15, -0.1) is 0 Å². The molecule has 0 spiro atoms. The molecule has 0 aliphatic rings. The SMILES string of the molecule is CCCCCCCCCCCCCCCC[N+](C)(C)C(CCCC)(CCCC)c1ccccc1CCCC.Oc1ccc(O)c2ccccc12. The summed E-state index contributed by atoms with van der Waals surface area (Å²) in [6.07, 6.45) is 31.9. The number of quaternary nitrogens is 1. The highest BCUT2D eigenvalue weighted by molar-refractivity contribution is 5.92. The lowest BCUT2D eigenvalue weighted by molar-refractivity contribution is -0.951. The highest BCUT2D eigenvalue weighted by Crippen LogP contribution is 2.44. The van der Waals surface area contributed by atoms with Crippen molar-refractivity contribution in [3.63, 3.8) is 0 Å². The van der Waals surface area contributed by atoms with E-state index in [0.717, 1.165) is 4.48 Å². The average Bonchev–Trinajstić information content (AvgIpc) is 3.13.